The average Bonchev–Trinajstić information content (AvgIpc) is 2.68. The standard InChI is InChI=1S/C12H25N3/c1-3-13-11-4-5-12(10-11)15-8-6-14(2)7-9-15/h11-13H,3-10H2,1-2H3/t11-,12+/m0/s1. The maximum absolute atomic E-state index is 3.59. The molecule has 1 saturated heterocycles. The third-order valence-electron chi connectivity index (χ3n) is 3.95. The fourth-order valence-electron chi connectivity index (χ4n) is 2.95. The molecule has 0 unspecified atom stereocenters. The molecular formula is C12H25N3. The van der Waals surface area contributed by atoms with E-state index in [1.54, 1.807) is 0 Å². The zero-order valence-electron chi connectivity index (χ0n) is 10.2. The highest BCUT2D eigenvalue weighted by atomic mass is 15.3. The van der Waals surface area contributed by atoms with Gasteiger partial charge >= 0.3 is 0 Å². The normalized spacial score (nSPS) is 34.8. The lowest BCUT2D eigenvalue weighted by Gasteiger charge is -2.36. The number of nitrogens with one attached hydrogen (secondary N) is 1. The fourth-order valence-corrected chi connectivity index (χ4v) is 2.95. The molecule has 0 amide bonds. The summed E-state index contributed by atoms with van der Waals surface area (Å²) in [5, 5.41) is 3.59. The van der Waals surface area contributed by atoms with Gasteiger partial charge in [0.1, 0.15) is 0 Å². The Hall–Kier alpha value is -0.120. The highest BCUT2D eigenvalue weighted by Crippen LogP contribution is 2.24. The Morgan fingerprint density at radius 1 is 1.13 bits per heavy atom. The van der Waals surface area contributed by atoms with Crippen LogP contribution in [0.5, 0.6) is 0 Å². The zero-order chi connectivity index (χ0) is 10.7. The quantitative estimate of drug-likeness (QED) is 0.744. The molecule has 3 nitrogen and oxygen atoms in total. The minimum atomic E-state index is 0.791. The molecule has 2 rings (SSSR count). The minimum absolute atomic E-state index is 0.791. The maximum atomic E-state index is 3.59. The monoisotopic (exact) mass is 211 g/mol. The van der Waals surface area contributed by atoms with E-state index in [1.807, 2.05) is 0 Å². The van der Waals surface area contributed by atoms with Crippen LogP contribution in [-0.2, 0) is 0 Å². The number of likely N-dealkylation sites (N-methyl/N-ethyl adjacent to an activating group) is 1. The van der Waals surface area contributed by atoms with Gasteiger partial charge in [-0.2, -0.15) is 0 Å². The molecule has 1 aliphatic heterocycles. The van der Waals surface area contributed by atoms with Gasteiger partial charge in [0, 0.05) is 38.3 Å². The van der Waals surface area contributed by atoms with Crippen LogP contribution in [0.3, 0.4) is 0 Å². The molecule has 1 N–H and O–H groups in total. The predicted octanol–water partition coefficient (Wildman–Crippen LogP) is 0.764. The SMILES string of the molecule is CCN[C@H]1CC[C@@H](N2CCN(C)CC2)C1. The van der Waals surface area contributed by atoms with Crippen LogP contribution >= 0.6 is 0 Å². The van der Waals surface area contributed by atoms with E-state index in [9.17, 15) is 0 Å². The van der Waals surface area contributed by atoms with E-state index in [2.05, 4.69) is 29.1 Å². The molecule has 1 saturated carbocycles. The van der Waals surface area contributed by atoms with E-state index in [-0.39, 0.29) is 0 Å². The van der Waals surface area contributed by atoms with Crippen LogP contribution < -0.4 is 5.32 Å². The predicted molar refractivity (Wildman–Crippen MR) is 64.2 cm³/mol. The fraction of sp³-hybridized carbons (Fsp3) is 1.00. The van der Waals surface area contributed by atoms with E-state index in [1.165, 1.54) is 45.4 Å². The molecule has 3 heteroatoms. The van der Waals surface area contributed by atoms with Gasteiger partial charge in [-0.15, -0.1) is 0 Å². The Morgan fingerprint density at radius 2 is 1.87 bits per heavy atom. The molecule has 0 aromatic rings. The highest BCUT2D eigenvalue weighted by Gasteiger charge is 2.29. The van der Waals surface area contributed by atoms with Gasteiger partial charge in [0.15, 0.2) is 0 Å². The van der Waals surface area contributed by atoms with Crippen molar-refractivity contribution < 1.29 is 0 Å². The summed E-state index contributed by atoms with van der Waals surface area (Å²) >= 11 is 0. The molecule has 2 aliphatic rings. The van der Waals surface area contributed by atoms with E-state index in [0.29, 0.717) is 0 Å². The highest BCUT2D eigenvalue weighted by molar-refractivity contribution is 4.88. The van der Waals surface area contributed by atoms with Gasteiger partial charge in [-0.25, -0.2) is 0 Å². The summed E-state index contributed by atoms with van der Waals surface area (Å²) in [6, 6.07) is 1.66. The maximum Gasteiger partial charge on any atom is 0.0113 e. The molecule has 0 aromatic heterocycles. The summed E-state index contributed by atoms with van der Waals surface area (Å²) in [6.07, 6.45) is 4.16. The Morgan fingerprint density at radius 3 is 2.53 bits per heavy atom. The molecule has 1 aliphatic carbocycles. The van der Waals surface area contributed by atoms with E-state index in [0.717, 1.165) is 18.6 Å². The Kier molecular flexibility index (Phi) is 4.00. The first kappa shape index (κ1) is 11.4. The number of hydrogen-bond acceptors (Lipinski definition) is 3. The van der Waals surface area contributed by atoms with Crippen molar-refractivity contribution in [1.82, 2.24) is 15.1 Å². The third-order valence-corrected chi connectivity index (χ3v) is 3.95. The van der Waals surface area contributed by atoms with Gasteiger partial charge < -0.3 is 10.2 Å². The molecule has 0 spiro atoms. The van der Waals surface area contributed by atoms with Crippen molar-refractivity contribution in [2.45, 2.75) is 38.3 Å². The van der Waals surface area contributed by atoms with Crippen molar-refractivity contribution in [2.75, 3.05) is 39.8 Å². The number of rotatable bonds is 3. The molecular weight excluding hydrogens is 186 g/mol. The van der Waals surface area contributed by atoms with Crippen molar-refractivity contribution >= 4 is 0 Å². The van der Waals surface area contributed by atoms with Crippen LogP contribution in [0.15, 0.2) is 0 Å². The molecule has 15 heavy (non-hydrogen) atoms. The number of piperazine rings is 1. The summed E-state index contributed by atoms with van der Waals surface area (Å²) in [4.78, 5) is 5.14. The number of nitrogens with zero attached hydrogens (tertiary/aromatic N) is 2. The average molecular weight is 211 g/mol. The third kappa shape index (κ3) is 2.92. The van der Waals surface area contributed by atoms with Crippen LogP contribution in [0.25, 0.3) is 0 Å². The molecule has 0 aromatic carbocycles. The van der Waals surface area contributed by atoms with Gasteiger partial charge in [0.25, 0.3) is 0 Å². The van der Waals surface area contributed by atoms with Crippen LogP contribution in [0.2, 0.25) is 0 Å². The second kappa shape index (κ2) is 5.28. The van der Waals surface area contributed by atoms with Crippen molar-refractivity contribution in [2.24, 2.45) is 0 Å². The van der Waals surface area contributed by atoms with Crippen molar-refractivity contribution in [3.63, 3.8) is 0 Å². The van der Waals surface area contributed by atoms with E-state index < -0.39 is 0 Å². The molecule has 1 heterocycles. The minimum Gasteiger partial charge on any atom is -0.314 e. The first-order valence-corrected chi connectivity index (χ1v) is 6.45. The molecule has 88 valence electrons. The van der Waals surface area contributed by atoms with Gasteiger partial charge in [0.2, 0.25) is 0 Å². The van der Waals surface area contributed by atoms with Gasteiger partial charge in [-0.1, -0.05) is 6.92 Å². The van der Waals surface area contributed by atoms with Crippen LogP contribution in [0.4, 0.5) is 0 Å². The second-order valence-corrected chi connectivity index (χ2v) is 5.06. The zero-order valence-corrected chi connectivity index (χ0v) is 10.2. The molecule has 0 radical (unpaired) electrons. The molecule has 2 fully saturated rings. The van der Waals surface area contributed by atoms with Crippen LogP contribution in [-0.4, -0.2) is 61.7 Å². The van der Waals surface area contributed by atoms with Gasteiger partial charge in [-0.3, -0.25) is 4.90 Å². The summed E-state index contributed by atoms with van der Waals surface area (Å²) in [7, 11) is 2.23. The summed E-state index contributed by atoms with van der Waals surface area (Å²) in [6.45, 7) is 8.40. The van der Waals surface area contributed by atoms with Gasteiger partial charge in [-0.05, 0) is 32.9 Å². The second-order valence-electron chi connectivity index (χ2n) is 5.06. The summed E-state index contributed by atoms with van der Waals surface area (Å²) in [5.74, 6) is 0. The summed E-state index contributed by atoms with van der Waals surface area (Å²) in [5.41, 5.74) is 0. The number of hydrogen-bond donors (Lipinski definition) is 1. The lowest BCUT2D eigenvalue weighted by atomic mass is 10.1. The largest absolute Gasteiger partial charge is 0.314 e. The Balaban J connectivity index is 1.75. The first-order chi connectivity index (χ1) is 7.29. The first-order valence-electron chi connectivity index (χ1n) is 6.45. The van der Waals surface area contributed by atoms with Crippen LogP contribution in [0, 0.1) is 0 Å². The topological polar surface area (TPSA) is 18.5 Å². The van der Waals surface area contributed by atoms with Gasteiger partial charge in [0.05, 0.1) is 0 Å². The molecule has 0 bridgehead atoms. The Bertz CT molecular complexity index is 187. The lowest BCUT2D eigenvalue weighted by Crippen LogP contribution is -2.48. The molecule has 2 atom stereocenters. The van der Waals surface area contributed by atoms with Crippen molar-refractivity contribution in [1.29, 1.82) is 0 Å². The van der Waals surface area contributed by atoms with E-state index >= 15 is 0 Å². The lowest BCUT2D eigenvalue weighted by molar-refractivity contribution is 0.112. The smallest absolute Gasteiger partial charge is 0.0113 e. The van der Waals surface area contributed by atoms with Crippen molar-refractivity contribution in [3.8, 4) is 0 Å². The summed E-state index contributed by atoms with van der Waals surface area (Å²) < 4.78 is 0. The Labute approximate surface area is 93.8 Å². The van der Waals surface area contributed by atoms with E-state index in [4.69, 9.17) is 0 Å². The van der Waals surface area contributed by atoms with Crippen LogP contribution in [0.1, 0.15) is 26.2 Å². The van der Waals surface area contributed by atoms with Crippen molar-refractivity contribution in [3.05, 3.63) is 0 Å².